The van der Waals surface area contributed by atoms with Crippen LogP contribution in [0.25, 0.3) is 0 Å². The maximum atomic E-state index is 12.1. The van der Waals surface area contributed by atoms with Gasteiger partial charge in [-0.15, -0.1) is 0 Å². The summed E-state index contributed by atoms with van der Waals surface area (Å²) < 4.78 is 46.0. The van der Waals surface area contributed by atoms with Crippen molar-refractivity contribution < 1.29 is 37.0 Å². The minimum atomic E-state index is -4.51. The van der Waals surface area contributed by atoms with Crippen LogP contribution in [-0.2, 0) is 6.54 Å². The van der Waals surface area contributed by atoms with Crippen molar-refractivity contribution >= 4 is 11.9 Å². The molecule has 0 radical (unpaired) electrons. The van der Waals surface area contributed by atoms with Crippen molar-refractivity contribution in [2.45, 2.75) is 19.6 Å². The van der Waals surface area contributed by atoms with Gasteiger partial charge in [-0.25, -0.2) is 9.78 Å². The number of alkyl halides is 3. The molecule has 0 unspecified atom stereocenters. The van der Waals surface area contributed by atoms with Crippen LogP contribution in [0, 0.1) is 6.92 Å². The van der Waals surface area contributed by atoms with Crippen LogP contribution in [0.4, 0.5) is 13.2 Å². The summed E-state index contributed by atoms with van der Waals surface area (Å²) in [6.07, 6.45) is -3.38. The summed E-state index contributed by atoms with van der Waals surface area (Å²) in [7, 11) is 0. The van der Waals surface area contributed by atoms with Crippen LogP contribution in [0.2, 0.25) is 0 Å². The van der Waals surface area contributed by atoms with Crippen LogP contribution in [-0.4, -0.2) is 34.8 Å². The Kier molecular flexibility index (Phi) is 5.30. The van der Waals surface area contributed by atoms with Crippen molar-refractivity contribution in [3.8, 4) is 5.88 Å². The molecule has 25 heavy (non-hydrogen) atoms. The summed E-state index contributed by atoms with van der Waals surface area (Å²) in [6.45, 7) is -0.134. The van der Waals surface area contributed by atoms with Crippen LogP contribution in [0.15, 0.2) is 28.8 Å². The lowest BCUT2D eigenvalue weighted by atomic mass is 10.2. The summed E-state index contributed by atoms with van der Waals surface area (Å²) in [5, 5.41) is 11.4. The van der Waals surface area contributed by atoms with Gasteiger partial charge in [0.1, 0.15) is 17.1 Å². The fraction of sp³-hybridized carbons (Fsp3) is 0.267. The number of carbonyl (C=O) groups is 2. The number of aryl methyl sites for hydroxylation is 1. The van der Waals surface area contributed by atoms with Gasteiger partial charge in [-0.1, -0.05) is 0 Å². The highest BCUT2D eigenvalue weighted by Gasteiger charge is 2.28. The molecule has 0 aliphatic carbocycles. The molecule has 134 valence electrons. The average Bonchev–Trinajstić information content (AvgIpc) is 2.91. The van der Waals surface area contributed by atoms with Gasteiger partial charge in [0.05, 0.1) is 6.54 Å². The van der Waals surface area contributed by atoms with E-state index >= 15 is 0 Å². The summed E-state index contributed by atoms with van der Waals surface area (Å²) >= 11 is 0. The predicted octanol–water partition coefficient (Wildman–Crippen LogP) is 2.55. The number of hydrogen-bond donors (Lipinski definition) is 2. The lowest BCUT2D eigenvalue weighted by Gasteiger charge is -2.09. The monoisotopic (exact) mass is 358 g/mol. The highest BCUT2D eigenvalue weighted by molar-refractivity contribution is 5.94. The number of ether oxygens (including phenoxy) is 1. The minimum Gasteiger partial charge on any atom is -0.478 e. The van der Waals surface area contributed by atoms with Gasteiger partial charge in [0.15, 0.2) is 6.61 Å². The normalized spacial score (nSPS) is 11.2. The van der Waals surface area contributed by atoms with E-state index in [1.165, 1.54) is 19.1 Å². The maximum Gasteiger partial charge on any atom is 0.422 e. The van der Waals surface area contributed by atoms with Gasteiger partial charge in [0.2, 0.25) is 5.88 Å². The van der Waals surface area contributed by atoms with Gasteiger partial charge in [0, 0.05) is 17.8 Å². The number of rotatable bonds is 6. The Morgan fingerprint density at radius 1 is 1.36 bits per heavy atom. The van der Waals surface area contributed by atoms with Crippen LogP contribution in [0.5, 0.6) is 5.88 Å². The molecule has 0 saturated carbocycles. The Balaban J connectivity index is 1.99. The van der Waals surface area contributed by atoms with Gasteiger partial charge in [-0.2, -0.15) is 13.2 Å². The summed E-state index contributed by atoms with van der Waals surface area (Å²) in [5.41, 5.74) is 0.0184. The number of hydrogen-bond acceptors (Lipinski definition) is 5. The summed E-state index contributed by atoms with van der Waals surface area (Å²) in [5.74, 6) is -1.68. The zero-order valence-electron chi connectivity index (χ0n) is 12.9. The van der Waals surface area contributed by atoms with Gasteiger partial charge < -0.3 is 19.6 Å². The molecule has 10 heteroatoms. The Hall–Kier alpha value is -3.04. The number of carboxylic acids is 1. The van der Waals surface area contributed by atoms with Crippen LogP contribution >= 0.6 is 0 Å². The van der Waals surface area contributed by atoms with Gasteiger partial charge in [-0.05, 0) is 19.1 Å². The SMILES string of the molecule is Cc1oc(CNC(=O)c2ccnc(OCC(F)(F)F)c2)cc1C(=O)O. The Bertz CT molecular complexity index is 786. The molecule has 2 N–H and O–H groups in total. The smallest absolute Gasteiger partial charge is 0.422 e. The van der Waals surface area contributed by atoms with Crippen molar-refractivity contribution in [1.82, 2.24) is 10.3 Å². The first-order valence-corrected chi connectivity index (χ1v) is 6.92. The van der Waals surface area contributed by atoms with E-state index in [4.69, 9.17) is 9.52 Å². The summed E-state index contributed by atoms with van der Waals surface area (Å²) in [6, 6.07) is 3.64. The first-order valence-electron chi connectivity index (χ1n) is 6.92. The second-order valence-electron chi connectivity index (χ2n) is 4.96. The molecule has 0 aliphatic rings. The summed E-state index contributed by atoms with van der Waals surface area (Å²) in [4.78, 5) is 26.5. The van der Waals surface area contributed by atoms with Gasteiger partial charge >= 0.3 is 12.1 Å². The number of aromatic nitrogens is 1. The fourth-order valence-electron chi connectivity index (χ4n) is 1.90. The van der Waals surface area contributed by atoms with Crippen molar-refractivity contribution in [2.75, 3.05) is 6.61 Å². The standard InChI is InChI=1S/C15H13F3N2O5/c1-8-11(14(22)23)5-10(25-8)6-20-13(21)9-2-3-19-12(4-9)24-7-15(16,17)18/h2-5H,6-7H2,1H3,(H,20,21)(H,22,23). The second-order valence-corrected chi connectivity index (χ2v) is 4.96. The molecule has 0 saturated heterocycles. The number of nitrogens with one attached hydrogen (secondary N) is 1. The van der Waals surface area contributed by atoms with E-state index in [0.29, 0.717) is 0 Å². The highest BCUT2D eigenvalue weighted by Crippen LogP contribution is 2.18. The van der Waals surface area contributed by atoms with Crippen LogP contribution in [0.3, 0.4) is 0 Å². The van der Waals surface area contributed by atoms with Crippen molar-refractivity contribution in [3.63, 3.8) is 0 Å². The third-order valence-electron chi connectivity index (χ3n) is 3.00. The van der Waals surface area contributed by atoms with Crippen molar-refractivity contribution in [2.24, 2.45) is 0 Å². The molecule has 0 spiro atoms. The number of carbonyl (C=O) groups excluding carboxylic acids is 1. The van der Waals surface area contributed by atoms with E-state index in [1.54, 1.807) is 0 Å². The fourth-order valence-corrected chi connectivity index (χ4v) is 1.90. The number of furan rings is 1. The number of nitrogens with zero attached hydrogens (tertiary/aromatic N) is 1. The predicted molar refractivity (Wildman–Crippen MR) is 77.4 cm³/mol. The molecule has 1 amide bonds. The number of carboxylic acid groups (broad SMARTS) is 1. The average molecular weight is 358 g/mol. The first-order chi connectivity index (χ1) is 11.7. The third-order valence-corrected chi connectivity index (χ3v) is 3.00. The number of halogens is 3. The van der Waals surface area contributed by atoms with E-state index in [1.807, 2.05) is 0 Å². The molecule has 2 heterocycles. The molecule has 7 nitrogen and oxygen atoms in total. The molecular weight excluding hydrogens is 345 g/mol. The number of aromatic carboxylic acids is 1. The van der Waals surface area contributed by atoms with Gasteiger partial charge in [-0.3, -0.25) is 4.79 Å². The quantitative estimate of drug-likeness (QED) is 0.823. The van der Waals surface area contributed by atoms with Crippen LogP contribution in [0.1, 0.15) is 32.2 Å². The van der Waals surface area contributed by atoms with E-state index in [2.05, 4.69) is 15.0 Å². The van der Waals surface area contributed by atoms with Crippen molar-refractivity contribution in [1.29, 1.82) is 0 Å². The highest BCUT2D eigenvalue weighted by atomic mass is 19.4. The van der Waals surface area contributed by atoms with Gasteiger partial charge in [0.25, 0.3) is 5.91 Å². The van der Waals surface area contributed by atoms with E-state index in [-0.39, 0.29) is 35.1 Å². The van der Waals surface area contributed by atoms with E-state index in [9.17, 15) is 22.8 Å². The zero-order valence-corrected chi connectivity index (χ0v) is 12.9. The molecule has 0 fully saturated rings. The lowest BCUT2D eigenvalue weighted by molar-refractivity contribution is -0.154. The van der Waals surface area contributed by atoms with Crippen molar-refractivity contribution in [3.05, 3.63) is 47.0 Å². The zero-order chi connectivity index (χ0) is 18.6. The third kappa shape index (κ3) is 5.23. The number of amides is 1. The Morgan fingerprint density at radius 2 is 2.08 bits per heavy atom. The van der Waals surface area contributed by atoms with E-state index in [0.717, 1.165) is 12.3 Å². The molecular formula is C15H13F3N2O5. The Morgan fingerprint density at radius 3 is 2.68 bits per heavy atom. The molecule has 2 rings (SSSR count). The molecule has 0 aliphatic heterocycles. The molecule has 2 aromatic heterocycles. The topological polar surface area (TPSA) is 102 Å². The minimum absolute atomic E-state index is 0.0176. The molecule has 0 atom stereocenters. The second kappa shape index (κ2) is 7.24. The maximum absolute atomic E-state index is 12.1. The number of pyridine rings is 1. The Labute approximate surface area is 139 Å². The molecule has 0 bridgehead atoms. The van der Waals surface area contributed by atoms with E-state index < -0.39 is 24.7 Å². The first kappa shape index (κ1) is 18.3. The molecule has 0 aromatic carbocycles. The lowest BCUT2D eigenvalue weighted by Crippen LogP contribution is -2.23. The molecule has 2 aromatic rings. The largest absolute Gasteiger partial charge is 0.478 e. The van der Waals surface area contributed by atoms with Crippen LogP contribution < -0.4 is 10.1 Å².